The van der Waals surface area contributed by atoms with Crippen LogP contribution in [0.3, 0.4) is 0 Å². The first-order valence-electron chi connectivity index (χ1n) is 4.01. The number of nitrogens with zero attached hydrogens (tertiary/aromatic N) is 2. The molecule has 0 atom stereocenters. The molecule has 0 aromatic carbocycles. The summed E-state index contributed by atoms with van der Waals surface area (Å²) in [6.07, 6.45) is 3.43. The van der Waals surface area contributed by atoms with E-state index in [0.29, 0.717) is 5.82 Å². The van der Waals surface area contributed by atoms with Crippen LogP contribution in [-0.4, -0.2) is 17.9 Å². The zero-order valence-electron chi connectivity index (χ0n) is 7.10. The van der Waals surface area contributed by atoms with E-state index in [1.807, 2.05) is 25.1 Å². The highest BCUT2D eigenvalue weighted by Crippen LogP contribution is 2.06. The average Bonchev–Trinajstić information content (AvgIpc) is 2.15. The zero-order valence-corrected chi connectivity index (χ0v) is 7.10. The van der Waals surface area contributed by atoms with Crippen LogP contribution >= 0.6 is 0 Å². The van der Waals surface area contributed by atoms with Gasteiger partial charge in [0, 0.05) is 12.7 Å². The molecule has 64 valence electrons. The van der Waals surface area contributed by atoms with Crippen LogP contribution in [-0.2, 0) is 4.79 Å². The Hall–Kier alpha value is -1.38. The number of pyridine rings is 1. The maximum absolute atomic E-state index is 10.6. The van der Waals surface area contributed by atoms with Gasteiger partial charge in [0.2, 0.25) is 6.41 Å². The van der Waals surface area contributed by atoms with E-state index in [4.69, 9.17) is 0 Å². The molecule has 0 saturated carbocycles. The number of carbonyl (C=O) groups excluding carboxylic acids is 1. The van der Waals surface area contributed by atoms with Crippen molar-refractivity contribution in [1.82, 2.24) is 4.98 Å². The van der Waals surface area contributed by atoms with Crippen LogP contribution in [0, 0.1) is 0 Å². The minimum atomic E-state index is 0.717. The fourth-order valence-electron chi connectivity index (χ4n) is 0.986. The number of hydrogen-bond donors (Lipinski definition) is 0. The molecule has 0 fully saturated rings. The number of hydrogen-bond acceptors (Lipinski definition) is 2. The van der Waals surface area contributed by atoms with E-state index in [9.17, 15) is 4.79 Å². The Kier molecular flexibility index (Phi) is 3.26. The summed E-state index contributed by atoms with van der Waals surface area (Å²) in [5, 5.41) is 0. The predicted molar refractivity (Wildman–Crippen MR) is 47.9 cm³/mol. The van der Waals surface area contributed by atoms with Gasteiger partial charge in [-0.1, -0.05) is 13.0 Å². The summed E-state index contributed by atoms with van der Waals surface area (Å²) in [5.74, 6) is 0.717. The molecule has 3 nitrogen and oxygen atoms in total. The lowest BCUT2D eigenvalue weighted by Crippen LogP contribution is -2.22. The Morgan fingerprint density at radius 3 is 2.92 bits per heavy atom. The van der Waals surface area contributed by atoms with Crippen LogP contribution in [0.4, 0.5) is 5.82 Å². The lowest BCUT2D eigenvalue weighted by Gasteiger charge is -2.13. The summed E-state index contributed by atoms with van der Waals surface area (Å²) in [6.45, 7) is 2.75. The number of anilines is 1. The van der Waals surface area contributed by atoms with E-state index in [2.05, 4.69) is 4.98 Å². The smallest absolute Gasteiger partial charge is 0.215 e. The first kappa shape index (κ1) is 8.71. The quantitative estimate of drug-likeness (QED) is 0.631. The summed E-state index contributed by atoms with van der Waals surface area (Å²) in [7, 11) is 0. The van der Waals surface area contributed by atoms with E-state index < -0.39 is 0 Å². The minimum absolute atomic E-state index is 0.717. The van der Waals surface area contributed by atoms with Gasteiger partial charge in [-0.2, -0.15) is 0 Å². The van der Waals surface area contributed by atoms with E-state index in [-0.39, 0.29) is 0 Å². The van der Waals surface area contributed by atoms with E-state index >= 15 is 0 Å². The van der Waals surface area contributed by atoms with Crippen molar-refractivity contribution in [3.8, 4) is 0 Å². The molecule has 3 heteroatoms. The fourth-order valence-corrected chi connectivity index (χ4v) is 0.986. The molecule has 0 unspecified atom stereocenters. The Labute approximate surface area is 72.0 Å². The van der Waals surface area contributed by atoms with Crippen LogP contribution in [0.2, 0.25) is 0 Å². The molecule has 12 heavy (non-hydrogen) atoms. The third-order valence-corrected chi connectivity index (χ3v) is 1.54. The lowest BCUT2D eigenvalue weighted by molar-refractivity contribution is -0.107. The molecule has 1 aromatic heterocycles. The molecule has 1 aromatic rings. The Balaban J connectivity index is 2.73. The van der Waals surface area contributed by atoms with Gasteiger partial charge < -0.3 is 0 Å². The molecule has 1 heterocycles. The average molecular weight is 164 g/mol. The number of amides is 1. The SMILES string of the molecule is CCCN(C=O)c1ccccn1. The second-order valence-corrected chi connectivity index (χ2v) is 2.49. The van der Waals surface area contributed by atoms with Crippen molar-refractivity contribution in [2.24, 2.45) is 0 Å². The van der Waals surface area contributed by atoms with Crippen molar-refractivity contribution in [2.45, 2.75) is 13.3 Å². The Morgan fingerprint density at radius 1 is 1.58 bits per heavy atom. The molecular weight excluding hydrogens is 152 g/mol. The molecule has 1 rings (SSSR count). The number of aromatic nitrogens is 1. The molecule has 0 spiro atoms. The minimum Gasteiger partial charge on any atom is -0.299 e. The highest BCUT2D eigenvalue weighted by molar-refractivity contribution is 5.72. The molecule has 0 saturated heterocycles. The second kappa shape index (κ2) is 4.49. The summed E-state index contributed by atoms with van der Waals surface area (Å²) >= 11 is 0. The van der Waals surface area contributed by atoms with Gasteiger partial charge in [0.1, 0.15) is 5.82 Å². The Morgan fingerprint density at radius 2 is 2.42 bits per heavy atom. The van der Waals surface area contributed by atoms with E-state index in [0.717, 1.165) is 19.4 Å². The van der Waals surface area contributed by atoms with Crippen molar-refractivity contribution < 1.29 is 4.79 Å². The normalized spacial score (nSPS) is 9.42. The van der Waals surface area contributed by atoms with Crippen molar-refractivity contribution >= 4 is 12.2 Å². The molecular formula is C9H12N2O. The second-order valence-electron chi connectivity index (χ2n) is 2.49. The van der Waals surface area contributed by atoms with Gasteiger partial charge in [0.05, 0.1) is 0 Å². The van der Waals surface area contributed by atoms with Crippen LogP contribution in [0.25, 0.3) is 0 Å². The highest BCUT2D eigenvalue weighted by atomic mass is 16.1. The molecule has 0 aliphatic rings. The van der Waals surface area contributed by atoms with Crippen molar-refractivity contribution in [1.29, 1.82) is 0 Å². The maximum Gasteiger partial charge on any atom is 0.215 e. The number of carbonyl (C=O) groups is 1. The van der Waals surface area contributed by atoms with Crippen LogP contribution in [0.5, 0.6) is 0 Å². The zero-order chi connectivity index (χ0) is 8.81. The van der Waals surface area contributed by atoms with Crippen molar-refractivity contribution in [3.05, 3.63) is 24.4 Å². The van der Waals surface area contributed by atoms with Gasteiger partial charge in [-0.15, -0.1) is 0 Å². The largest absolute Gasteiger partial charge is 0.299 e. The lowest BCUT2D eigenvalue weighted by atomic mass is 10.4. The maximum atomic E-state index is 10.6. The first-order valence-corrected chi connectivity index (χ1v) is 4.01. The van der Waals surface area contributed by atoms with Gasteiger partial charge in [0.15, 0.2) is 0 Å². The summed E-state index contributed by atoms with van der Waals surface area (Å²) in [6, 6.07) is 5.52. The first-order chi connectivity index (χ1) is 5.88. The van der Waals surface area contributed by atoms with Crippen molar-refractivity contribution in [2.75, 3.05) is 11.4 Å². The summed E-state index contributed by atoms with van der Waals surface area (Å²) in [4.78, 5) is 16.2. The molecule has 0 bridgehead atoms. The van der Waals surface area contributed by atoms with Crippen molar-refractivity contribution in [3.63, 3.8) is 0 Å². The van der Waals surface area contributed by atoms with Gasteiger partial charge in [0.25, 0.3) is 0 Å². The van der Waals surface area contributed by atoms with Gasteiger partial charge in [-0.3, -0.25) is 9.69 Å². The molecule has 0 N–H and O–H groups in total. The molecule has 0 radical (unpaired) electrons. The summed E-state index contributed by atoms with van der Waals surface area (Å²) in [5.41, 5.74) is 0. The van der Waals surface area contributed by atoms with E-state index in [1.165, 1.54) is 0 Å². The molecule has 0 aliphatic carbocycles. The van der Waals surface area contributed by atoms with Gasteiger partial charge in [-0.05, 0) is 18.6 Å². The predicted octanol–water partition coefficient (Wildman–Crippen LogP) is 1.45. The third-order valence-electron chi connectivity index (χ3n) is 1.54. The van der Waals surface area contributed by atoms with Crippen LogP contribution < -0.4 is 4.90 Å². The Bertz CT molecular complexity index is 236. The van der Waals surface area contributed by atoms with Gasteiger partial charge in [-0.25, -0.2) is 4.98 Å². The fraction of sp³-hybridized carbons (Fsp3) is 0.333. The topological polar surface area (TPSA) is 33.2 Å². The highest BCUT2D eigenvalue weighted by Gasteiger charge is 2.02. The third kappa shape index (κ3) is 2.05. The van der Waals surface area contributed by atoms with Crippen LogP contribution in [0.15, 0.2) is 24.4 Å². The molecule has 1 amide bonds. The molecule has 0 aliphatic heterocycles. The standard InChI is InChI=1S/C9H12N2O/c1-2-7-11(8-12)9-5-3-4-6-10-9/h3-6,8H,2,7H2,1H3. The van der Waals surface area contributed by atoms with E-state index in [1.54, 1.807) is 11.1 Å². The number of rotatable bonds is 4. The summed E-state index contributed by atoms with van der Waals surface area (Å²) < 4.78 is 0. The van der Waals surface area contributed by atoms with Gasteiger partial charge >= 0.3 is 0 Å². The monoisotopic (exact) mass is 164 g/mol. The van der Waals surface area contributed by atoms with Crippen LogP contribution in [0.1, 0.15) is 13.3 Å².